The molecule has 0 fully saturated rings. The highest BCUT2D eigenvalue weighted by atomic mass is 16.6. The number of esters is 1. The molecule has 20 heavy (non-hydrogen) atoms. The lowest BCUT2D eigenvalue weighted by Gasteiger charge is -2.09. The fourth-order valence-electron chi connectivity index (χ4n) is 1.25. The molecule has 1 aromatic rings. The Morgan fingerprint density at radius 3 is 2.80 bits per heavy atom. The number of carbonyl (C=O) groups excluding carboxylic acids is 2. The number of ether oxygens (including phenoxy) is 1. The number of nitro groups is 1. The fourth-order valence-corrected chi connectivity index (χ4v) is 1.25. The highest BCUT2D eigenvalue weighted by Crippen LogP contribution is 2.07. The Labute approximate surface area is 111 Å². The number of hydrogen-bond acceptors (Lipinski definition) is 7. The Morgan fingerprint density at radius 2 is 2.25 bits per heavy atom. The van der Waals surface area contributed by atoms with Crippen molar-refractivity contribution in [2.75, 3.05) is 13.7 Å². The zero-order valence-electron chi connectivity index (χ0n) is 10.3. The molecule has 3 N–H and O–H groups in total. The maximum Gasteiger partial charge on any atom is 0.336 e. The monoisotopic (exact) mass is 285 g/mol. The van der Waals surface area contributed by atoms with Crippen LogP contribution in [-0.2, 0) is 9.53 Å². The van der Waals surface area contributed by atoms with Crippen molar-refractivity contribution in [1.82, 2.24) is 10.3 Å². The van der Waals surface area contributed by atoms with Gasteiger partial charge in [0.2, 0.25) is 0 Å². The minimum atomic E-state index is -1.60. The number of aliphatic hydroxyl groups is 1. The van der Waals surface area contributed by atoms with Gasteiger partial charge in [0, 0.05) is 6.07 Å². The second-order valence-electron chi connectivity index (χ2n) is 3.61. The second-order valence-corrected chi connectivity index (χ2v) is 3.61. The molecule has 0 spiro atoms. The number of pyridine rings is 1. The summed E-state index contributed by atoms with van der Waals surface area (Å²) in [6.07, 6.45) is -0.746. The largest absolute Gasteiger partial charge is 0.467 e. The van der Waals surface area contributed by atoms with Crippen molar-refractivity contribution in [3.05, 3.63) is 38.3 Å². The van der Waals surface area contributed by atoms with E-state index < -0.39 is 46.3 Å². The van der Waals surface area contributed by atoms with Crippen LogP contribution in [0.3, 0.4) is 0 Å². The fraction of sp³-hybridized carbons (Fsp3) is 0.300. The normalized spacial score (nSPS) is 11.5. The van der Waals surface area contributed by atoms with Crippen molar-refractivity contribution in [3.8, 4) is 0 Å². The van der Waals surface area contributed by atoms with Crippen LogP contribution in [0.15, 0.2) is 17.1 Å². The van der Waals surface area contributed by atoms with Crippen LogP contribution in [0.1, 0.15) is 10.4 Å². The number of aromatic amines is 1. The molecule has 0 aliphatic heterocycles. The summed E-state index contributed by atoms with van der Waals surface area (Å²) in [5.74, 6) is -1.92. The third-order valence-electron chi connectivity index (χ3n) is 2.27. The summed E-state index contributed by atoms with van der Waals surface area (Å²) in [5, 5.41) is 21.9. The average Bonchev–Trinajstić information content (AvgIpc) is 2.43. The molecular formula is C10H11N3O7. The van der Waals surface area contributed by atoms with Crippen molar-refractivity contribution in [2.45, 2.75) is 6.10 Å². The van der Waals surface area contributed by atoms with E-state index in [1.54, 1.807) is 0 Å². The zero-order valence-corrected chi connectivity index (χ0v) is 10.3. The Hall–Kier alpha value is -2.75. The van der Waals surface area contributed by atoms with E-state index in [9.17, 15) is 29.6 Å². The molecule has 10 heteroatoms. The molecule has 1 aromatic heterocycles. The smallest absolute Gasteiger partial charge is 0.336 e. The molecule has 1 atom stereocenters. The number of amides is 1. The predicted octanol–water partition coefficient (Wildman–Crippen LogP) is -1.45. The summed E-state index contributed by atoms with van der Waals surface area (Å²) >= 11 is 0. The van der Waals surface area contributed by atoms with Crippen molar-refractivity contribution in [2.24, 2.45) is 0 Å². The second kappa shape index (κ2) is 6.43. The number of rotatable bonds is 5. The summed E-state index contributed by atoms with van der Waals surface area (Å²) in [6.45, 7) is -0.492. The van der Waals surface area contributed by atoms with Crippen molar-refractivity contribution < 1.29 is 24.4 Å². The van der Waals surface area contributed by atoms with E-state index in [2.05, 4.69) is 10.1 Å². The molecule has 0 radical (unpaired) electrons. The van der Waals surface area contributed by atoms with Crippen molar-refractivity contribution in [3.63, 3.8) is 0 Å². The van der Waals surface area contributed by atoms with Gasteiger partial charge in [0.25, 0.3) is 17.2 Å². The first-order chi connectivity index (χ1) is 9.36. The van der Waals surface area contributed by atoms with Gasteiger partial charge in [0.15, 0.2) is 6.10 Å². The molecule has 1 heterocycles. The number of H-pyrrole nitrogens is 1. The van der Waals surface area contributed by atoms with E-state index in [-0.39, 0.29) is 0 Å². The van der Waals surface area contributed by atoms with Gasteiger partial charge in [0.1, 0.15) is 5.56 Å². The number of aromatic nitrogens is 1. The van der Waals surface area contributed by atoms with Gasteiger partial charge in [-0.05, 0) is 0 Å². The number of nitrogens with zero attached hydrogens (tertiary/aromatic N) is 1. The van der Waals surface area contributed by atoms with Gasteiger partial charge in [-0.1, -0.05) is 0 Å². The Balaban J connectivity index is 2.82. The summed E-state index contributed by atoms with van der Waals surface area (Å²) in [6, 6.07) is 0.790. The van der Waals surface area contributed by atoms with E-state index in [0.29, 0.717) is 0 Å². The van der Waals surface area contributed by atoms with E-state index in [1.165, 1.54) is 0 Å². The van der Waals surface area contributed by atoms with Gasteiger partial charge in [-0.3, -0.25) is 19.7 Å². The van der Waals surface area contributed by atoms with Crippen LogP contribution in [0, 0.1) is 10.1 Å². The summed E-state index contributed by atoms with van der Waals surface area (Å²) in [4.78, 5) is 45.7. The number of methoxy groups -OCH3 is 1. The molecular weight excluding hydrogens is 274 g/mol. The minimum Gasteiger partial charge on any atom is -0.467 e. The van der Waals surface area contributed by atoms with Crippen molar-refractivity contribution >= 4 is 17.6 Å². The van der Waals surface area contributed by atoms with Crippen LogP contribution in [-0.4, -0.2) is 46.6 Å². The number of aliphatic hydroxyl groups excluding tert-OH is 1. The summed E-state index contributed by atoms with van der Waals surface area (Å²) in [7, 11) is 1.05. The quantitative estimate of drug-likeness (QED) is 0.340. The first-order valence-electron chi connectivity index (χ1n) is 5.28. The first kappa shape index (κ1) is 15.3. The standard InChI is InChI=1S/C10H11N3O7/c1-20-10(17)7(14)4-12-9(16)6-2-5(13(18)19)3-11-8(6)15/h2-3,7,14H,4H2,1H3,(H,11,15)(H,12,16). The molecule has 1 amide bonds. The Bertz CT molecular complexity index is 595. The highest BCUT2D eigenvalue weighted by molar-refractivity contribution is 5.94. The molecule has 0 aliphatic carbocycles. The molecule has 0 saturated carbocycles. The molecule has 0 aromatic carbocycles. The van der Waals surface area contributed by atoms with Gasteiger partial charge in [-0.2, -0.15) is 0 Å². The van der Waals surface area contributed by atoms with Gasteiger partial charge in [-0.25, -0.2) is 4.79 Å². The lowest BCUT2D eigenvalue weighted by Crippen LogP contribution is -2.39. The third kappa shape index (κ3) is 3.62. The van der Waals surface area contributed by atoms with Gasteiger partial charge < -0.3 is 20.1 Å². The molecule has 0 bridgehead atoms. The Kier molecular flexibility index (Phi) is 4.92. The van der Waals surface area contributed by atoms with Crippen LogP contribution >= 0.6 is 0 Å². The number of carbonyl (C=O) groups is 2. The molecule has 0 saturated heterocycles. The average molecular weight is 285 g/mol. The molecule has 10 nitrogen and oxygen atoms in total. The van der Waals surface area contributed by atoms with Crippen LogP contribution in [0.2, 0.25) is 0 Å². The van der Waals surface area contributed by atoms with Gasteiger partial charge in [0.05, 0.1) is 24.8 Å². The van der Waals surface area contributed by atoms with Crippen LogP contribution in [0.25, 0.3) is 0 Å². The summed E-state index contributed by atoms with van der Waals surface area (Å²) < 4.78 is 4.23. The SMILES string of the molecule is COC(=O)C(O)CNC(=O)c1cc([N+](=O)[O-])c[nH]c1=O. The van der Waals surface area contributed by atoms with Crippen LogP contribution in [0.4, 0.5) is 5.69 Å². The highest BCUT2D eigenvalue weighted by Gasteiger charge is 2.19. The van der Waals surface area contributed by atoms with Gasteiger partial charge >= 0.3 is 5.97 Å². The van der Waals surface area contributed by atoms with E-state index in [0.717, 1.165) is 19.4 Å². The van der Waals surface area contributed by atoms with Crippen LogP contribution < -0.4 is 10.9 Å². The molecule has 1 unspecified atom stereocenters. The third-order valence-corrected chi connectivity index (χ3v) is 2.27. The lowest BCUT2D eigenvalue weighted by molar-refractivity contribution is -0.385. The Morgan fingerprint density at radius 1 is 1.60 bits per heavy atom. The van der Waals surface area contributed by atoms with Crippen molar-refractivity contribution in [1.29, 1.82) is 0 Å². The maximum absolute atomic E-state index is 11.6. The van der Waals surface area contributed by atoms with E-state index in [4.69, 9.17) is 0 Å². The lowest BCUT2D eigenvalue weighted by atomic mass is 10.2. The topological polar surface area (TPSA) is 152 Å². The predicted molar refractivity (Wildman–Crippen MR) is 64.1 cm³/mol. The number of nitrogens with one attached hydrogen (secondary N) is 2. The van der Waals surface area contributed by atoms with Gasteiger partial charge in [-0.15, -0.1) is 0 Å². The molecule has 0 aliphatic rings. The van der Waals surface area contributed by atoms with Crippen LogP contribution in [0.5, 0.6) is 0 Å². The van der Waals surface area contributed by atoms with E-state index in [1.807, 2.05) is 4.98 Å². The number of hydrogen-bond donors (Lipinski definition) is 3. The maximum atomic E-state index is 11.6. The minimum absolute atomic E-state index is 0.469. The molecule has 108 valence electrons. The summed E-state index contributed by atoms with van der Waals surface area (Å²) in [5.41, 5.74) is -1.81. The molecule has 1 rings (SSSR count). The first-order valence-corrected chi connectivity index (χ1v) is 5.28. The zero-order chi connectivity index (χ0) is 15.3. The van der Waals surface area contributed by atoms with E-state index >= 15 is 0 Å².